The van der Waals surface area contributed by atoms with E-state index in [0.29, 0.717) is 0 Å². The highest BCUT2D eigenvalue weighted by Gasteiger charge is 1.99. The van der Waals surface area contributed by atoms with Crippen molar-refractivity contribution in [1.29, 1.82) is 0 Å². The molecule has 0 saturated carbocycles. The van der Waals surface area contributed by atoms with Crippen molar-refractivity contribution >= 4 is 10.9 Å². The maximum Gasteiger partial charge on any atom is 0.0480 e. The van der Waals surface area contributed by atoms with Crippen molar-refractivity contribution in [1.82, 2.24) is 14.9 Å². The third-order valence-corrected chi connectivity index (χ3v) is 3.41. The number of fused-ring (bicyclic) bond motifs is 1. The van der Waals surface area contributed by atoms with Gasteiger partial charge < -0.3 is 14.9 Å². The van der Waals surface area contributed by atoms with Gasteiger partial charge >= 0.3 is 0 Å². The van der Waals surface area contributed by atoms with Crippen LogP contribution in [0.15, 0.2) is 54.9 Å². The third-order valence-electron chi connectivity index (χ3n) is 3.41. The molecule has 0 fully saturated rings. The summed E-state index contributed by atoms with van der Waals surface area (Å²) in [6, 6.07) is 14.8. The number of rotatable bonds is 6. The normalized spacial score (nSPS) is 11.2. The Labute approximate surface area is 113 Å². The van der Waals surface area contributed by atoms with Gasteiger partial charge in [-0.2, -0.15) is 0 Å². The fourth-order valence-electron chi connectivity index (χ4n) is 2.41. The Balaban J connectivity index is 1.47. The lowest BCUT2D eigenvalue weighted by Crippen LogP contribution is -2.16. The molecule has 3 nitrogen and oxygen atoms in total. The highest BCUT2D eigenvalue weighted by atomic mass is 15.0. The minimum absolute atomic E-state index is 0.916. The van der Waals surface area contributed by atoms with Crippen LogP contribution >= 0.6 is 0 Å². The van der Waals surface area contributed by atoms with Gasteiger partial charge in [0.25, 0.3) is 0 Å². The molecule has 2 heterocycles. The molecule has 0 atom stereocenters. The van der Waals surface area contributed by atoms with Gasteiger partial charge in [-0.25, -0.2) is 0 Å². The number of nitrogens with zero attached hydrogens (tertiary/aromatic N) is 1. The van der Waals surface area contributed by atoms with Crippen LogP contribution in [0.1, 0.15) is 12.1 Å². The topological polar surface area (TPSA) is 32.8 Å². The van der Waals surface area contributed by atoms with E-state index >= 15 is 0 Å². The van der Waals surface area contributed by atoms with Gasteiger partial charge in [0.2, 0.25) is 0 Å². The minimum Gasteiger partial charge on any atom is -0.364 e. The van der Waals surface area contributed by atoms with Crippen LogP contribution in [0.2, 0.25) is 0 Å². The van der Waals surface area contributed by atoms with E-state index in [-0.39, 0.29) is 0 Å². The quantitative estimate of drug-likeness (QED) is 0.650. The van der Waals surface area contributed by atoms with Crippen LogP contribution in [0.3, 0.4) is 0 Å². The number of benzene rings is 1. The van der Waals surface area contributed by atoms with Crippen LogP contribution in [0.25, 0.3) is 10.9 Å². The molecule has 1 aromatic carbocycles. The summed E-state index contributed by atoms with van der Waals surface area (Å²) in [7, 11) is 0. The van der Waals surface area contributed by atoms with Gasteiger partial charge in [-0.1, -0.05) is 18.2 Å². The van der Waals surface area contributed by atoms with Gasteiger partial charge in [-0.3, -0.25) is 0 Å². The van der Waals surface area contributed by atoms with Crippen molar-refractivity contribution in [2.45, 2.75) is 19.5 Å². The summed E-state index contributed by atoms with van der Waals surface area (Å²) in [5, 5.41) is 4.77. The number of nitrogens with one attached hydrogen (secondary N) is 2. The van der Waals surface area contributed by atoms with Crippen LogP contribution in [0, 0.1) is 0 Å². The molecule has 0 bridgehead atoms. The van der Waals surface area contributed by atoms with Crippen LogP contribution in [0.5, 0.6) is 0 Å². The Hall–Kier alpha value is -2.00. The van der Waals surface area contributed by atoms with Crippen LogP contribution < -0.4 is 5.32 Å². The average molecular weight is 253 g/mol. The Kier molecular flexibility index (Phi) is 3.65. The van der Waals surface area contributed by atoms with Crippen molar-refractivity contribution in [3.8, 4) is 0 Å². The lowest BCUT2D eigenvalue weighted by atomic mass is 10.2. The van der Waals surface area contributed by atoms with Crippen LogP contribution in [-0.2, 0) is 13.1 Å². The summed E-state index contributed by atoms with van der Waals surface area (Å²) in [6.45, 7) is 3.01. The maximum absolute atomic E-state index is 3.45. The van der Waals surface area contributed by atoms with Gasteiger partial charge in [-0.05, 0) is 42.6 Å². The molecule has 3 rings (SSSR count). The van der Waals surface area contributed by atoms with E-state index in [1.165, 1.54) is 16.6 Å². The lowest BCUT2D eigenvalue weighted by Gasteiger charge is -2.06. The number of H-pyrrole nitrogens is 1. The Morgan fingerprint density at radius 1 is 1.05 bits per heavy atom. The Morgan fingerprint density at radius 3 is 2.89 bits per heavy atom. The first-order chi connectivity index (χ1) is 9.43. The highest BCUT2D eigenvalue weighted by molar-refractivity contribution is 5.79. The molecule has 3 aromatic rings. The molecule has 98 valence electrons. The fraction of sp³-hybridized carbons (Fsp3) is 0.250. The van der Waals surface area contributed by atoms with Gasteiger partial charge in [-0.15, -0.1) is 0 Å². The number of hydrogen-bond acceptors (Lipinski definition) is 1. The van der Waals surface area contributed by atoms with Crippen molar-refractivity contribution < 1.29 is 0 Å². The first-order valence-electron chi connectivity index (χ1n) is 6.80. The lowest BCUT2D eigenvalue weighted by molar-refractivity contribution is 0.587. The first kappa shape index (κ1) is 12.1. The first-order valence-corrected chi connectivity index (χ1v) is 6.80. The summed E-state index contributed by atoms with van der Waals surface area (Å²) < 4.78 is 2.33. The molecule has 0 radical (unpaired) electrons. The van der Waals surface area contributed by atoms with E-state index in [4.69, 9.17) is 0 Å². The van der Waals surface area contributed by atoms with E-state index in [1.54, 1.807) is 0 Å². The number of aromatic nitrogens is 2. The second-order valence-electron chi connectivity index (χ2n) is 4.79. The second kappa shape index (κ2) is 5.76. The molecule has 19 heavy (non-hydrogen) atoms. The van der Waals surface area contributed by atoms with Crippen LogP contribution in [-0.4, -0.2) is 16.1 Å². The summed E-state index contributed by atoms with van der Waals surface area (Å²) in [5.41, 5.74) is 2.57. The molecule has 0 spiro atoms. The van der Waals surface area contributed by atoms with E-state index in [2.05, 4.69) is 57.5 Å². The summed E-state index contributed by atoms with van der Waals surface area (Å²) >= 11 is 0. The molecule has 2 N–H and O–H groups in total. The molecule has 0 unspecified atom stereocenters. The standard InChI is InChI=1S/C16H19N3/c1-2-7-16-14(5-1)8-12-19(16)11-4-9-17-13-15-6-3-10-18-15/h1-3,5-8,10,12,17-18H,4,9,11,13H2. The predicted molar refractivity (Wildman–Crippen MR) is 79.1 cm³/mol. The van der Waals surface area contributed by atoms with E-state index in [1.807, 2.05) is 12.3 Å². The van der Waals surface area contributed by atoms with E-state index in [0.717, 1.165) is 26.1 Å². The Bertz CT molecular complexity index is 622. The molecular formula is C16H19N3. The van der Waals surface area contributed by atoms with Gasteiger partial charge in [0.15, 0.2) is 0 Å². The highest BCUT2D eigenvalue weighted by Crippen LogP contribution is 2.15. The smallest absolute Gasteiger partial charge is 0.0480 e. The van der Waals surface area contributed by atoms with Crippen molar-refractivity contribution in [3.05, 3.63) is 60.6 Å². The molecule has 0 aliphatic carbocycles. The number of aromatic amines is 1. The van der Waals surface area contributed by atoms with Crippen LogP contribution in [0.4, 0.5) is 0 Å². The molecule has 0 amide bonds. The molecule has 0 aliphatic rings. The van der Waals surface area contributed by atoms with E-state index < -0.39 is 0 Å². The SMILES string of the molecule is c1c[nH]c(CNCCCn2ccc3ccccc32)c1. The minimum atomic E-state index is 0.916. The fourth-order valence-corrected chi connectivity index (χ4v) is 2.41. The largest absolute Gasteiger partial charge is 0.364 e. The number of aryl methyl sites for hydroxylation is 1. The van der Waals surface area contributed by atoms with Crippen molar-refractivity contribution in [3.63, 3.8) is 0 Å². The zero-order valence-electron chi connectivity index (χ0n) is 11.0. The van der Waals surface area contributed by atoms with Gasteiger partial charge in [0.1, 0.15) is 0 Å². The van der Waals surface area contributed by atoms with Crippen molar-refractivity contribution in [2.24, 2.45) is 0 Å². The summed E-state index contributed by atoms with van der Waals surface area (Å²) in [4.78, 5) is 3.20. The molecule has 0 saturated heterocycles. The maximum atomic E-state index is 3.45. The summed E-state index contributed by atoms with van der Waals surface area (Å²) in [6.07, 6.45) is 5.28. The monoisotopic (exact) mass is 253 g/mol. The molecular weight excluding hydrogens is 234 g/mol. The molecule has 2 aromatic heterocycles. The zero-order chi connectivity index (χ0) is 12.9. The number of para-hydroxylation sites is 1. The van der Waals surface area contributed by atoms with Crippen molar-refractivity contribution in [2.75, 3.05) is 6.54 Å². The Morgan fingerprint density at radius 2 is 2.00 bits per heavy atom. The zero-order valence-corrected chi connectivity index (χ0v) is 11.0. The van der Waals surface area contributed by atoms with E-state index in [9.17, 15) is 0 Å². The number of hydrogen-bond donors (Lipinski definition) is 2. The van der Waals surface area contributed by atoms with Gasteiger partial charge in [0.05, 0.1) is 0 Å². The molecule has 0 aliphatic heterocycles. The van der Waals surface area contributed by atoms with Gasteiger partial charge in [0, 0.05) is 36.7 Å². The average Bonchev–Trinajstić information content (AvgIpc) is 3.08. The third kappa shape index (κ3) is 2.88. The molecule has 3 heteroatoms. The predicted octanol–water partition coefficient (Wildman–Crippen LogP) is 3.15. The summed E-state index contributed by atoms with van der Waals surface area (Å²) in [5.74, 6) is 0. The second-order valence-corrected chi connectivity index (χ2v) is 4.79.